The van der Waals surface area contributed by atoms with E-state index in [1.807, 2.05) is 0 Å². The zero-order valence-corrected chi connectivity index (χ0v) is 10.8. The van der Waals surface area contributed by atoms with Gasteiger partial charge in [0.15, 0.2) is 0 Å². The van der Waals surface area contributed by atoms with Gasteiger partial charge in [-0.3, -0.25) is 4.98 Å². The molecule has 0 saturated carbocycles. The smallest absolute Gasteiger partial charge is 0.147 e. The zero-order valence-electron chi connectivity index (χ0n) is 10.8. The number of aliphatic hydroxyl groups excluding tert-OH is 1. The third-order valence-electron chi connectivity index (χ3n) is 2.81. The summed E-state index contributed by atoms with van der Waals surface area (Å²) in [6.45, 7) is 5.67. The van der Waals surface area contributed by atoms with Gasteiger partial charge in [-0.25, -0.2) is 4.98 Å². The highest BCUT2D eigenvalue weighted by molar-refractivity contribution is 5.37. The first-order valence-corrected chi connectivity index (χ1v) is 5.90. The second-order valence-corrected chi connectivity index (χ2v) is 3.97. The fourth-order valence-corrected chi connectivity index (χ4v) is 1.55. The first kappa shape index (κ1) is 13.9. The summed E-state index contributed by atoms with van der Waals surface area (Å²) in [7, 11) is 1.69. The van der Waals surface area contributed by atoms with Crippen molar-refractivity contribution in [2.45, 2.75) is 32.9 Å². The van der Waals surface area contributed by atoms with Gasteiger partial charge in [-0.1, -0.05) is 6.92 Å². The van der Waals surface area contributed by atoms with E-state index in [1.165, 1.54) is 0 Å². The number of hydrogen-bond acceptors (Lipinski definition) is 5. The summed E-state index contributed by atoms with van der Waals surface area (Å²) in [6, 6.07) is 0.388. The molecular weight excluding hydrogens is 218 g/mol. The molecule has 0 radical (unpaired) electrons. The van der Waals surface area contributed by atoms with Gasteiger partial charge in [0.05, 0.1) is 31.3 Å². The maximum atomic E-state index is 8.93. The predicted molar refractivity (Wildman–Crippen MR) is 66.9 cm³/mol. The third kappa shape index (κ3) is 3.94. The minimum atomic E-state index is -0.0747. The maximum Gasteiger partial charge on any atom is 0.147 e. The van der Waals surface area contributed by atoms with Crippen molar-refractivity contribution in [1.82, 2.24) is 9.97 Å². The van der Waals surface area contributed by atoms with E-state index < -0.39 is 0 Å². The number of rotatable bonds is 7. The molecule has 0 fully saturated rings. The number of aliphatic hydroxyl groups is 1. The van der Waals surface area contributed by atoms with Gasteiger partial charge in [0.1, 0.15) is 5.82 Å². The van der Waals surface area contributed by atoms with Crippen molar-refractivity contribution in [2.75, 3.05) is 25.2 Å². The molecule has 1 N–H and O–H groups in total. The van der Waals surface area contributed by atoms with E-state index in [4.69, 9.17) is 9.84 Å². The molecule has 1 rings (SSSR count). The second kappa shape index (κ2) is 7.19. The van der Waals surface area contributed by atoms with Crippen LogP contribution in [0.25, 0.3) is 0 Å². The van der Waals surface area contributed by atoms with Crippen molar-refractivity contribution in [1.29, 1.82) is 0 Å². The molecule has 0 amide bonds. The maximum absolute atomic E-state index is 8.93. The summed E-state index contributed by atoms with van der Waals surface area (Å²) >= 11 is 0. The Morgan fingerprint density at radius 1 is 1.41 bits per heavy atom. The summed E-state index contributed by atoms with van der Waals surface area (Å²) in [4.78, 5) is 10.6. The number of ether oxygens (including phenoxy) is 1. The Morgan fingerprint density at radius 2 is 2.18 bits per heavy atom. The van der Waals surface area contributed by atoms with Crippen LogP contribution in [0, 0.1) is 0 Å². The molecule has 0 aliphatic heterocycles. The first-order chi connectivity index (χ1) is 8.22. The van der Waals surface area contributed by atoms with Crippen LogP contribution in [-0.2, 0) is 11.3 Å². The van der Waals surface area contributed by atoms with Crippen LogP contribution < -0.4 is 4.90 Å². The Kier molecular flexibility index (Phi) is 5.86. The van der Waals surface area contributed by atoms with Crippen molar-refractivity contribution < 1.29 is 9.84 Å². The SMILES string of the molecule is CCC(C)N(CCOC)c1cnc(CO)cn1. The molecule has 5 heteroatoms. The van der Waals surface area contributed by atoms with Crippen LogP contribution in [0.2, 0.25) is 0 Å². The predicted octanol–water partition coefficient (Wildman–Crippen LogP) is 1.22. The normalized spacial score (nSPS) is 12.5. The van der Waals surface area contributed by atoms with E-state index in [-0.39, 0.29) is 6.61 Å². The molecule has 0 aliphatic rings. The fraction of sp³-hybridized carbons (Fsp3) is 0.667. The number of hydrogen-bond donors (Lipinski definition) is 1. The van der Waals surface area contributed by atoms with Crippen LogP contribution in [0.5, 0.6) is 0 Å². The molecule has 0 bridgehead atoms. The van der Waals surface area contributed by atoms with Gasteiger partial charge in [0.2, 0.25) is 0 Å². The highest BCUT2D eigenvalue weighted by Crippen LogP contribution is 2.14. The van der Waals surface area contributed by atoms with Crippen LogP contribution in [0.4, 0.5) is 5.82 Å². The molecule has 1 atom stereocenters. The Hall–Kier alpha value is -1.20. The first-order valence-electron chi connectivity index (χ1n) is 5.90. The van der Waals surface area contributed by atoms with Crippen molar-refractivity contribution in [3.8, 4) is 0 Å². The second-order valence-electron chi connectivity index (χ2n) is 3.97. The lowest BCUT2D eigenvalue weighted by Gasteiger charge is -2.29. The van der Waals surface area contributed by atoms with Gasteiger partial charge in [0.25, 0.3) is 0 Å². The van der Waals surface area contributed by atoms with E-state index in [0.717, 1.165) is 18.8 Å². The fourth-order valence-electron chi connectivity index (χ4n) is 1.55. The topological polar surface area (TPSA) is 58.5 Å². The van der Waals surface area contributed by atoms with E-state index in [2.05, 4.69) is 28.7 Å². The van der Waals surface area contributed by atoms with Crippen LogP contribution in [0.1, 0.15) is 26.0 Å². The minimum absolute atomic E-state index is 0.0747. The van der Waals surface area contributed by atoms with Crippen molar-refractivity contribution in [3.05, 3.63) is 18.1 Å². The van der Waals surface area contributed by atoms with E-state index in [0.29, 0.717) is 18.3 Å². The van der Waals surface area contributed by atoms with Crippen molar-refractivity contribution in [2.24, 2.45) is 0 Å². The van der Waals surface area contributed by atoms with Gasteiger partial charge in [-0.2, -0.15) is 0 Å². The summed E-state index contributed by atoms with van der Waals surface area (Å²) < 4.78 is 5.10. The number of anilines is 1. The van der Waals surface area contributed by atoms with Crippen LogP contribution in [-0.4, -0.2) is 41.4 Å². The summed E-state index contributed by atoms with van der Waals surface area (Å²) in [6.07, 6.45) is 4.35. The van der Waals surface area contributed by atoms with Gasteiger partial charge < -0.3 is 14.7 Å². The lowest BCUT2D eigenvalue weighted by molar-refractivity contribution is 0.203. The Labute approximate surface area is 102 Å². The molecule has 1 aromatic heterocycles. The Bertz CT molecular complexity index is 316. The standard InChI is InChI=1S/C12H21N3O2/c1-4-10(2)15(5-6-17-3)12-8-13-11(9-16)7-14-12/h7-8,10,16H,4-6,9H2,1-3H3. The quantitative estimate of drug-likeness (QED) is 0.775. The summed E-state index contributed by atoms with van der Waals surface area (Å²) in [5.74, 6) is 0.827. The average Bonchev–Trinajstić information content (AvgIpc) is 2.39. The largest absolute Gasteiger partial charge is 0.390 e. The lowest BCUT2D eigenvalue weighted by atomic mass is 10.2. The van der Waals surface area contributed by atoms with Gasteiger partial charge in [-0.05, 0) is 13.3 Å². The van der Waals surface area contributed by atoms with Crippen LogP contribution >= 0.6 is 0 Å². The molecule has 0 saturated heterocycles. The van der Waals surface area contributed by atoms with Gasteiger partial charge >= 0.3 is 0 Å². The molecule has 5 nitrogen and oxygen atoms in total. The molecule has 17 heavy (non-hydrogen) atoms. The van der Waals surface area contributed by atoms with Gasteiger partial charge in [-0.15, -0.1) is 0 Å². The van der Waals surface area contributed by atoms with E-state index in [1.54, 1.807) is 19.5 Å². The highest BCUT2D eigenvalue weighted by Gasteiger charge is 2.14. The molecule has 0 aromatic carbocycles. The monoisotopic (exact) mass is 239 g/mol. The van der Waals surface area contributed by atoms with Crippen LogP contribution in [0.3, 0.4) is 0 Å². The van der Waals surface area contributed by atoms with Crippen molar-refractivity contribution in [3.63, 3.8) is 0 Å². The molecule has 1 aromatic rings. The number of nitrogens with zero attached hydrogens (tertiary/aromatic N) is 3. The van der Waals surface area contributed by atoms with E-state index >= 15 is 0 Å². The summed E-state index contributed by atoms with van der Waals surface area (Å²) in [5, 5.41) is 8.93. The molecule has 96 valence electrons. The molecular formula is C12H21N3O2. The summed E-state index contributed by atoms with van der Waals surface area (Å²) in [5.41, 5.74) is 0.588. The van der Waals surface area contributed by atoms with Crippen molar-refractivity contribution >= 4 is 5.82 Å². The molecule has 0 aliphatic carbocycles. The van der Waals surface area contributed by atoms with Gasteiger partial charge in [0, 0.05) is 19.7 Å². The molecule has 1 heterocycles. The van der Waals surface area contributed by atoms with Crippen LogP contribution in [0.15, 0.2) is 12.4 Å². The third-order valence-corrected chi connectivity index (χ3v) is 2.81. The average molecular weight is 239 g/mol. The Balaban J connectivity index is 2.79. The molecule has 0 spiro atoms. The lowest BCUT2D eigenvalue weighted by Crippen LogP contribution is -2.36. The Morgan fingerprint density at radius 3 is 2.65 bits per heavy atom. The zero-order chi connectivity index (χ0) is 12.7. The van der Waals surface area contributed by atoms with E-state index in [9.17, 15) is 0 Å². The molecule has 1 unspecified atom stereocenters. The number of aromatic nitrogens is 2. The minimum Gasteiger partial charge on any atom is -0.390 e. The highest BCUT2D eigenvalue weighted by atomic mass is 16.5. The number of methoxy groups -OCH3 is 1.